The van der Waals surface area contributed by atoms with Crippen LogP contribution in [0.25, 0.3) is 0 Å². The smallest absolute Gasteiger partial charge is 0.252 e. The lowest BCUT2D eigenvalue weighted by atomic mass is 10.1. The van der Waals surface area contributed by atoms with Crippen molar-refractivity contribution in [2.24, 2.45) is 0 Å². The van der Waals surface area contributed by atoms with Crippen molar-refractivity contribution in [1.82, 2.24) is 16.0 Å². The summed E-state index contributed by atoms with van der Waals surface area (Å²) in [5, 5.41) is 26.1. The van der Waals surface area contributed by atoms with Gasteiger partial charge in [0.15, 0.2) is 11.5 Å². The van der Waals surface area contributed by atoms with Crippen molar-refractivity contribution in [3.8, 4) is 11.5 Å². The Kier molecular flexibility index (Phi) is 20.0. The Balaban J connectivity index is 2.94. The number of amides is 3. The summed E-state index contributed by atoms with van der Waals surface area (Å²) in [4.78, 5) is 38.2. The normalized spacial score (nSPS) is 11.5. The van der Waals surface area contributed by atoms with E-state index in [1.54, 1.807) is 12.1 Å². The Morgan fingerprint density at radius 2 is 1.40 bits per heavy atom. The van der Waals surface area contributed by atoms with Crippen LogP contribution in [0.2, 0.25) is 0 Å². The van der Waals surface area contributed by atoms with Crippen molar-refractivity contribution < 1.29 is 43.5 Å². The molecule has 228 valence electrons. The molecule has 3 amide bonds. The Bertz CT molecular complexity index is 854. The van der Waals surface area contributed by atoms with Gasteiger partial charge in [-0.15, -0.1) is 0 Å². The third-order valence-corrected chi connectivity index (χ3v) is 5.61. The quantitative estimate of drug-likeness (QED) is 0.115. The largest absolute Gasteiger partial charge is 0.487 e. The second-order valence-electron chi connectivity index (χ2n) is 8.94. The van der Waals surface area contributed by atoms with Gasteiger partial charge in [0, 0.05) is 25.1 Å². The minimum Gasteiger partial charge on any atom is -0.487 e. The van der Waals surface area contributed by atoms with Crippen LogP contribution >= 0.6 is 0 Å². The maximum atomic E-state index is 13.2. The van der Waals surface area contributed by atoms with E-state index in [4.69, 9.17) is 29.2 Å². The zero-order chi connectivity index (χ0) is 29.4. The number of hydrogen-bond donors (Lipinski definition) is 5. The molecule has 1 aromatic carbocycles. The molecule has 0 radical (unpaired) electrons. The number of rotatable bonds is 24. The molecule has 0 saturated carbocycles. The molecule has 0 aliphatic heterocycles. The summed E-state index contributed by atoms with van der Waals surface area (Å²) < 4.78 is 21.9. The van der Waals surface area contributed by atoms with Gasteiger partial charge in [0.05, 0.1) is 39.6 Å². The predicted molar refractivity (Wildman–Crippen MR) is 150 cm³/mol. The Morgan fingerprint density at radius 1 is 0.800 bits per heavy atom. The van der Waals surface area contributed by atoms with Crippen molar-refractivity contribution in [2.75, 3.05) is 65.9 Å². The van der Waals surface area contributed by atoms with Crippen LogP contribution in [0, 0.1) is 0 Å². The highest BCUT2D eigenvalue weighted by Gasteiger charge is 2.23. The van der Waals surface area contributed by atoms with Crippen molar-refractivity contribution in [3.05, 3.63) is 23.8 Å². The van der Waals surface area contributed by atoms with Gasteiger partial charge >= 0.3 is 0 Å². The highest BCUT2D eigenvalue weighted by atomic mass is 16.6. The number of carbonyl (C=O) groups excluding carboxylic acids is 3. The first kappa shape index (κ1) is 35.1. The number of benzene rings is 1. The zero-order valence-corrected chi connectivity index (χ0v) is 23.9. The molecule has 5 N–H and O–H groups in total. The SMILES string of the molecule is CCCCNC(=O)CC[C@H](NC(=O)c1ccc(OCCOCCO)c(OCCOCCO)c1)C(=O)NCCCC. The third kappa shape index (κ3) is 15.6. The average molecular weight is 570 g/mol. The van der Waals surface area contributed by atoms with E-state index in [2.05, 4.69) is 16.0 Å². The van der Waals surface area contributed by atoms with Crippen LogP contribution in [0.5, 0.6) is 11.5 Å². The second kappa shape index (κ2) is 22.8. The van der Waals surface area contributed by atoms with E-state index < -0.39 is 11.9 Å². The summed E-state index contributed by atoms with van der Waals surface area (Å²) in [5.41, 5.74) is 0.244. The molecular weight excluding hydrogens is 522 g/mol. The summed E-state index contributed by atoms with van der Waals surface area (Å²) in [6.45, 7) is 6.10. The molecule has 0 spiro atoms. The van der Waals surface area contributed by atoms with Crippen LogP contribution in [0.1, 0.15) is 62.7 Å². The van der Waals surface area contributed by atoms with Gasteiger partial charge in [-0.2, -0.15) is 0 Å². The van der Waals surface area contributed by atoms with E-state index in [-0.39, 0.29) is 83.1 Å². The molecule has 1 aromatic rings. The molecule has 40 heavy (non-hydrogen) atoms. The Labute approximate surface area is 237 Å². The van der Waals surface area contributed by atoms with Gasteiger partial charge in [0.25, 0.3) is 5.91 Å². The van der Waals surface area contributed by atoms with Crippen molar-refractivity contribution in [1.29, 1.82) is 0 Å². The first-order valence-corrected chi connectivity index (χ1v) is 14.1. The van der Waals surface area contributed by atoms with Crippen LogP contribution in [-0.2, 0) is 19.1 Å². The number of carbonyl (C=O) groups is 3. The molecule has 0 aliphatic rings. The molecule has 0 saturated heterocycles. The minimum absolute atomic E-state index is 0.0901. The molecule has 0 aliphatic carbocycles. The molecule has 12 heteroatoms. The molecule has 1 atom stereocenters. The molecule has 1 rings (SSSR count). The summed E-state index contributed by atoms with van der Waals surface area (Å²) in [7, 11) is 0. The Morgan fingerprint density at radius 3 is 2.00 bits per heavy atom. The van der Waals surface area contributed by atoms with Gasteiger partial charge in [-0.1, -0.05) is 26.7 Å². The van der Waals surface area contributed by atoms with Gasteiger partial charge in [-0.05, 0) is 37.5 Å². The summed E-state index contributed by atoms with van der Waals surface area (Å²) >= 11 is 0. The highest BCUT2D eigenvalue weighted by molar-refractivity contribution is 5.98. The van der Waals surface area contributed by atoms with E-state index in [0.29, 0.717) is 24.6 Å². The lowest BCUT2D eigenvalue weighted by Gasteiger charge is -2.19. The standard InChI is InChI=1S/C28H47N3O9/c1-3-5-11-29-26(34)10-8-23(28(36)30-12-6-4-2)31-27(35)22-7-9-24(39-19-17-37-15-13-32)25(21-22)40-20-18-38-16-14-33/h7,9,21,23,32-33H,3-6,8,10-20H2,1-2H3,(H,29,34)(H,30,36)(H,31,35)/t23-/m0/s1. The van der Waals surface area contributed by atoms with Crippen molar-refractivity contribution in [3.63, 3.8) is 0 Å². The van der Waals surface area contributed by atoms with E-state index in [9.17, 15) is 14.4 Å². The molecule has 0 fully saturated rings. The van der Waals surface area contributed by atoms with Gasteiger partial charge in [0.2, 0.25) is 11.8 Å². The maximum Gasteiger partial charge on any atom is 0.252 e. The number of aliphatic hydroxyl groups is 2. The van der Waals surface area contributed by atoms with E-state index >= 15 is 0 Å². The van der Waals surface area contributed by atoms with Crippen molar-refractivity contribution >= 4 is 17.7 Å². The molecular formula is C28H47N3O9. The fourth-order valence-corrected chi connectivity index (χ4v) is 3.43. The number of ether oxygens (including phenoxy) is 4. The predicted octanol–water partition coefficient (Wildman–Crippen LogP) is 1.17. The first-order chi connectivity index (χ1) is 19.5. The number of unbranched alkanes of at least 4 members (excludes halogenated alkanes) is 2. The van der Waals surface area contributed by atoms with E-state index in [1.807, 2.05) is 13.8 Å². The monoisotopic (exact) mass is 569 g/mol. The van der Waals surface area contributed by atoms with Crippen LogP contribution in [-0.4, -0.2) is 99.9 Å². The van der Waals surface area contributed by atoms with Gasteiger partial charge in [0.1, 0.15) is 19.3 Å². The second-order valence-corrected chi connectivity index (χ2v) is 8.94. The number of aliphatic hydroxyl groups excluding tert-OH is 2. The summed E-state index contributed by atoms with van der Waals surface area (Å²) in [5.74, 6) is -0.340. The van der Waals surface area contributed by atoms with E-state index in [1.165, 1.54) is 6.07 Å². The van der Waals surface area contributed by atoms with Crippen LogP contribution < -0.4 is 25.4 Å². The Hall–Kier alpha value is -2.93. The number of hydrogen-bond acceptors (Lipinski definition) is 9. The first-order valence-electron chi connectivity index (χ1n) is 14.1. The van der Waals surface area contributed by atoms with Gasteiger partial charge in [-0.25, -0.2) is 0 Å². The minimum atomic E-state index is -0.892. The molecule has 0 bridgehead atoms. The zero-order valence-electron chi connectivity index (χ0n) is 23.9. The van der Waals surface area contributed by atoms with Gasteiger partial charge in [-0.3, -0.25) is 14.4 Å². The fraction of sp³-hybridized carbons (Fsp3) is 0.679. The lowest BCUT2D eigenvalue weighted by molar-refractivity contribution is -0.124. The average Bonchev–Trinajstić information content (AvgIpc) is 2.95. The molecule has 0 aromatic heterocycles. The third-order valence-electron chi connectivity index (χ3n) is 5.61. The van der Waals surface area contributed by atoms with Crippen molar-refractivity contribution in [2.45, 2.75) is 58.4 Å². The van der Waals surface area contributed by atoms with Crippen LogP contribution in [0.15, 0.2) is 18.2 Å². The molecule has 12 nitrogen and oxygen atoms in total. The number of nitrogens with one attached hydrogen (secondary N) is 3. The fourth-order valence-electron chi connectivity index (χ4n) is 3.43. The lowest BCUT2D eigenvalue weighted by Crippen LogP contribution is -2.47. The van der Waals surface area contributed by atoms with Crippen LogP contribution in [0.4, 0.5) is 0 Å². The summed E-state index contributed by atoms with van der Waals surface area (Å²) in [6.07, 6.45) is 3.80. The maximum absolute atomic E-state index is 13.2. The summed E-state index contributed by atoms with van der Waals surface area (Å²) in [6, 6.07) is 3.76. The van der Waals surface area contributed by atoms with E-state index in [0.717, 1.165) is 25.7 Å². The molecule has 0 heterocycles. The van der Waals surface area contributed by atoms with Gasteiger partial charge < -0.3 is 45.1 Å². The molecule has 0 unspecified atom stereocenters. The van der Waals surface area contributed by atoms with Crippen LogP contribution in [0.3, 0.4) is 0 Å². The topological polar surface area (TPSA) is 165 Å². The highest BCUT2D eigenvalue weighted by Crippen LogP contribution is 2.28.